The number of carboxylic acids is 1. The molecule has 3 aromatic carbocycles. The molecule has 3 fully saturated rings. The molecule has 4 amide bonds. The van der Waals surface area contributed by atoms with Gasteiger partial charge in [0.15, 0.2) is 0 Å². The number of hydrazine groups is 1. The molecule has 3 aromatic rings. The number of phenolic OH excluding ortho intramolecular Hbond substituents is 1. The number of imide groups is 2. The monoisotopic (exact) mass is 823 g/mol. The minimum absolute atomic E-state index is 0.00646. The molecule has 0 bridgehead atoms. The normalized spacial score (nSPS) is 26.3. The number of unbranched alkanes of at least 4 members (excludes halogenated alkanes) is 2. The lowest BCUT2D eigenvalue weighted by Crippen LogP contribution is -2.53. The van der Waals surface area contributed by atoms with Crippen molar-refractivity contribution >= 4 is 74.4 Å². The van der Waals surface area contributed by atoms with Crippen molar-refractivity contribution in [3.05, 3.63) is 98.0 Å². The second-order valence-electron chi connectivity index (χ2n) is 13.9. The van der Waals surface area contributed by atoms with Gasteiger partial charge in [0.05, 0.1) is 41.0 Å². The molecule has 14 heteroatoms. The van der Waals surface area contributed by atoms with Gasteiger partial charge in [0.1, 0.15) is 11.5 Å². The highest BCUT2D eigenvalue weighted by molar-refractivity contribution is 9.10. The Morgan fingerprint density at radius 3 is 2.42 bits per heavy atom. The average Bonchev–Trinajstić information content (AvgIpc) is 3.50. The van der Waals surface area contributed by atoms with Gasteiger partial charge in [-0.25, -0.2) is 0 Å². The smallest absolute Gasteiger partial charge is 0.303 e. The minimum Gasteiger partial charge on any atom is -0.508 e. The van der Waals surface area contributed by atoms with E-state index < -0.39 is 52.8 Å². The Labute approximate surface area is 324 Å². The number of aromatic hydroxyl groups is 1. The molecule has 6 unspecified atom stereocenters. The zero-order chi connectivity index (χ0) is 37.8. The fraction of sp³-hybridized carbons (Fsp3) is 0.359. The number of nitrogens with one attached hydrogen (secondary N) is 1. The number of hydrogen-bond donors (Lipinski definition) is 3. The third kappa shape index (κ3) is 6.18. The van der Waals surface area contributed by atoms with Crippen LogP contribution in [0.5, 0.6) is 11.5 Å². The van der Waals surface area contributed by atoms with E-state index in [2.05, 4.69) is 21.4 Å². The van der Waals surface area contributed by atoms with Gasteiger partial charge in [-0.05, 0) is 85.7 Å². The van der Waals surface area contributed by atoms with Crippen molar-refractivity contribution in [2.75, 3.05) is 19.1 Å². The maximum atomic E-state index is 15.3. The summed E-state index contributed by atoms with van der Waals surface area (Å²) in [4.78, 5) is 70.5. The van der Waals surface area contributed by atoms with Gasteiger partial charge in [-0.15, -0.1) is 0 Å². The summed E-state index contributed by atoms with van der Waals surface area (Å²) in [5.41, 5.74) is 3.21. The van der Waals surface area contributed by atoms with Crippen molar-refractivity contribution in [3.8, 4) is 11.5 Å². The first-order valence-corrected chi connectivity index (χ1v) is 18.9. The Bertz CT molecular complexity index is 2060. The molecule has 0 aromatic heterocycles. The standard InChI is InChI=1S/C39H36BrCl2N3O8/c1-53-23-10-6-20(7-11-23)39-28(36(50)45(38(39)52)43-30-14-9-22(41)18-29(30)42)19-26-24(34(39)27-17-21(40)8-15-31(27)46)12-13-25-33(26)37(51)44(35(25)49)16-4-2-3-5-32(47)48/h6-12,14-15,17-18,25-26,28,33-34,43,46H,2-5,13,16,19H2,1H3,(H,47,48). The second kappa shape index (κ2) is 14.4. The van der Waals surface area contributed by atoms with Crippen molar-refractivity contribution in [2.24, 2.45) is 23.7 Å². The third-order valence-corrected chi connectivity index (χ3v) is 12.3. The van der Waals surface area contributed by atoms with Gasteiger partial charge in [0, 0.05) is 33.9 Å². The van der Waals surface area contributed by atoms with Crippen LogP contribution in [0.15, 0.2) is 76.8 Å². The number of benzene rings is 3. The SMILES string of the molecule is COc1ccc(C23C(=O)N(Nc4ccc(Cl)cc4Cl)C(=O)C2CC2C(=CCC4C(=O)N(CCCCCC(=O)O)C(=O)C42)C3c2cc(Br)ccc2O)cc1. The highest BCUT2D eigenvalue weighted by atomic mass is 79.9. The van der Waals surface area contributed by atoms with Gasteiger partial charge in [0.2, 0.25) is 11.8 Å². The van der Waals surface area contributed by atoms with E-state index in [0.29, 0.717) is 51.2 Å². The number of methoxy groups -OCH3 is 1. The van der Waals surface area contributed by atoms with Crippen LogP contribution in [-0.4, -0.2) is 63.4 Å². The zero-order valence-electron chi connectivity index (χ0n) is 28.6. The molecule has 0 radical (unpaired) electrons. The van der Waals surface area contributed by atoms with Gasteiger partial charge in [-0.3, -0.25) is 34.3 Å². The summed E-state index contributed by atoms with van der Waals surface area (Å²) < 4.78 is 6.07. The van der Waals surface area contributed by atoms with Crippen LogP contribution in [0.3, 0.4) is 0 Å². The number of ether oxygens (including phenoxy) is 1. The summed E-state index contributed by atoms with van der Waals surface area (Å²) in [6, 6.07) is 16.5. The van der Waals surface area contributed by atoms with Gasteiger partial charge >= 0.3 is 5.97 Å². The molecule has 7 rings (SSSR count). The van der Waals surface area contributed by atoms with Crippen LogP contribution >= 0.6 is 39.1 Å². The Kier molecular flexibility index (Phi) is 10.1. The predicted octanol–water partition coefficient (Wildman–Crippen LogP) is 7.10. The number of aliphatic carboxylic acids is 1. The van der Waals surface area contributed by atoms with Crippen molar-refractivity contribution < 1.29 is 38.9 Å². The van der Waals surface area contributed by atoms with E-state index in [1.54, 1.807) is 48.5 Å². The van der Waals surface area contributed by atoms with E-state index in [0.717, 1.165) is 5.01 Å². The molecule has 2 heterocycles. The molecular formula is C39H36BrCl2N3O8. The topological polar surface area (TPSA) is 154 Å². The van der Waals surface area contributed by atoms with Crippen molar-refractivity contribution in [1.82, 2.24) is 9.91 Å². The summed E-state index contributed by atoms with van der Waals surface area (Å²) >= 11 is 16.2. The minimum atomic E-state index is -1.61. The first kappa shape index (κ1) is 36.9. The van der Waals surface area contributed by atoms with Crippen LogP contribution in [0.25, 0.3) is 0 Å². The summed E-state index contributed by atoms with van der Waals surface area (Å²) in [5.74, 6) is -6.27. The van der Waals surface area contributed by atoms with E-state index >= 15 is 4.79 Å². The Balaban J connectivity index is 1.37. The highest BCUT2D eigenvalue weighted by Gasteiger charge is 2.70. The van der Waals surface area contributed by atoms with E-state index in [1.165, 1.54) is 24.1 Å². The van der Waals surface area contributed by atoms with Crippen molar-refractivity contribution in [3.63, 3.8) is 0 Å². The largest absolute Gasteiger partial charge is 0.508 e. The number of carbonyl (C=O) groups is 5. The fourth-order valence-electron chi connectivity index (χ4n) is 8.95. The lowest BCUT2D eigenvalue weighted by molar-refractivity contribution is -0.141. The number of fused-ring (bicyclic) bond motifs is 4. The number of nitrogens with zero attached hydrogens (tertiary/aromatic N) is 2. The molecule has 1 saturated carbocycles. The molecule has 6 atom stereocenters. The predicted molar refractivity (Wildman–Crippen MR) is 199 cm³/mol. The fourth-order valence-corrected chi connectivity index (χ4v) is 9.78. The van der Waals surface area contributed by atoms with E-state index in [9.17, 15) is 24.3 Å². The van der Waals surface area contributed by atoms with Crippen LogP contribution in [0.2, 0.25) is 10.0 Å². The number of likely N-dealkylation sites (tertiary alicyclic amines) is 1. The lowest BCUT2D eigenvalue weighted by atomic mass is 9.49. The van der Waals surface area contributed by atoms with Crippen LogP contribution < -0.4 is 10.2 Å². The maximum absolute atomic E-state index is 15.3. The lowest BCUT2D eigenvalue weighted by Gasteiger charge is -2.50. The van der Waals surface area contributed by atoms with Gasteiger partial charge < -0.3 is 14.9 Å². The van der Waals surface area contributed by atoms with Crippen molar-refractivity contribution in [2.45, 2.75) is 49.9 Å². The quantitative estimate of drug-likeness (QED) is 0.104. The van der Waals surface area contributed by atoms with Gasteiger partial charge in [-0.2, -0.15) is 5.01 Å². The molecule has 3 N–H and O–H groups in total. The van der Waals surface area contributed by atoms with Crippen LogP contribution in [0.1, 0.15) is 55.6 Å². The molecule has 2 aliphatic heterocycles. The van der Waals surface area contributed by atoms with Crippen molar-refractivity contribution in [1.29, 1.82) is 0 Å². The number of rotatable bonds is 11. The first-order chi connectivity index (χ1) is 25.4. The average molecular weight is 826 g/mol. The molecule has 276 valence electrons. The highest BCUT2D eigenvalue weighted by Crippen LogP contribution is 2.65. The molecule has 53 heavy (non-hydrogen) atoms. The Morgan fingerprint density at radius 2 is 1.72 bits per heavy atom. The number of allylic oxidation sites excluding steroid dienone is 2. The number of anilines is 1. The van der Waals surface area contributed by atoms with E-state index in [1.807, 2.05) is 6.08 Å². The number of halogens is 3. The summed E-state index contributed by atoms with van der Waals surface area (Å²) in [6.45, 7) is 0.165. The number of carbonyl (C=O) groups excluding carboxylic acids is 4. The number of amides is 4. The van der Waals surface area contributed by atoms with Crippen LogP contribution in [0.4, 0.5) is 5.69 Å². The van der Waals surface area contributed by atoms with E-state index in [4.69, 9.17) is 33.0 Å². The summed E-state index contributed by atoms with van der Waals surface area (Å²) in [7, 11) is 1.53. The molecule has 4 aliphatic rings. The maximum Gasteiger partial charge on any atom is 0.303 e. The number of hydrogen-bond acceptors (Lipinski definition) is 8. The third-order valence-electron chi connectivity index (χ3n) is 11.2. The Hall–Kier alpha value is -4.39. The zero-order valence-corrected chi connectivity index (χ0v) is 31.7. The van der Waals surface area contributed by atoms with Crippen LogP contribution in [0, 0.1) is 23.7 Å². The first-order valence-electron chi connectivity index (χ1n) is 17.4. The molecule has 0 spiro atoms. The van der Waals surface area contributed by atoms with Gasteiger partial charge in [0.25, 0.3) is 11.8 Å². The molecule has 2 aliphatic carbocycles. The van der Waals surface area contributed by atoms with Crippen LogP contribution in [-0.2, 0) is 29.4 Å². The molecular weight excluding hydrogens is 789 g/mol. The second-order valence-corrected chi connectivity index (χ2v) is 15.7. The Morgan fingerprint density at radius 1 is 0.962 bits per heavy atom. The summed E-state index contributed by atoms with van der Waals surface area (Å²) in [5, 5.41) is 22.1. The molecule has 2 saturated heterocycles. The number of phenols is 1. The summed E-state index contributed by atoms with van der Waals surface area (Å²) in [6.07, 6.45) is 3.67. The molecule has 11 nitrogen and oxygen atoms in total. The number of carboxylic acid groups (broad SMARTS) is 1. The van der Waals surface area contributed by atoms with E-state index in [-0.39, 0.29) is 54.1 Å². The van der Waals surface area contributed by atoms with Gasteiger partial charge in [-0.1, -0.05) is 69.3 Å².